The summed E-state index contributed by atoms with van der Waals surface area (Å²) in [5.41, 5.74) is 2.74. The van der Waals surface area contributed by atoms with E-state index >= 15 is 4.39 Å². The number of rotatable bonds is 12. The van der Waals surface area contributed by atoms with Crippen LogP contribution in [0.1, 0.15) is 153 Å². The average molecular weight is 936 g/mol. The maximum Gasteiger partial charge on any atom is 0.336 e. The van der Waals surface area contributed by atoms with E-state index < -0.39 is 29.6 Å². The molecule has 0 atom stereocenters. The standard InChI is InChI=1S/C29H36FN3O4.C24H27FN2O4/c1-17-23(14-19(15-25(17)30)27(36)32-20-6-7-20)22-8-5-18(26(35)31-16-29(2,3)4)13-24(22)28(37)33-11-9-21(34)10-12-33;1-13-18(10-15(11-20(13)25)22(29)27-16-6-7-16)17-8-5-14(9-19(17)23(30)31)21(28)26-12-24(2,3)4/h5,8,13-15,20-21,34H,6-7,9-12,16H2,1-4H3,(H,31,35)(H,32,36);5,8-11,16H,6-7,12H2,1-4H3,(H,26,28)(H,27,29)(H,30,31). The van der Waals surface area contributed by atoms with Crippen LogP contribution in [0.25, 0.3) is 22.3 Å². The normalized spacial score (nSPS) is 15.1. The van der Waals surface area contributed by atoms with Crippen LogP contribution in [-0.2, 0) is 0 Å². The molecule has 1 saturated heterocycles. The zero-order chi connectivity index (χ0) is 49.8. The average Bonchev–Trinajstić information content (AvgIpc) is 4.24. The van der Waals surface area contributed by atoms with Gasteiger partial charge in [-0.2, -0.15) is 0 Å². The van der Waals surface area contributed by atoms with Crippen molar-refractivity contribution in [3.63, 3.8) is 0 Å². The van der Waals surface area contributed by atoms with Gasteiger partial charge in [-0.1, -0.05) is 53.7 Å². The number of carbonyl (C=O) groups is 6. The number of hydrogen-bond acceptors (Lipinski definition) is 7. The first kappa shape index (κ1) is 50.9. The summed E-state index contributed by atoms with van der Waals surface area (Å²) < 4.78 is 29.6. The van der Waals surface area contributed by atoms with Crippen LogP contribution in [0.5, 0.6) is 0 Å². The fourth-order valence-corrected chi connectivity index (χ4v) is 7.50. The summed E-state index contributed by atoms with van der Waals surface area (Å²) in [5.74, 6) is -4.09. The topological polar surface area (TPSA) is 194 Å². The minimum absolute atomic E-state index is 0.112. The molecule has 5 amide bonds. The molecule has 1 heterocycles. The maximum absolute atomic E-state index is 15.0. The molecule has 68 heavy (non-hydrogen) atoms. The SMILES string of the molecule is Cc1c(F)cc(C(=O)NC2CC2)cc1-c1ccc(C(=O)NCC(C)(C)C)cc1C(=O)N1CCC(O)CC1.Cc1c(F)cc(C(=O)NC2CC2)cc1-c1ccc(C(=O)NCC(C)(C)C)cc1C(=O)O. The molecule has 3 fully saturated rings. The van der Waals surface area contributed by atoms with Gasteiger partial charge in [-0.25, -0.2) is 13.6 Å². The van der Waals surface area contributed by atoms with E-state index in [0.29, 0.717) is 66.8 Å². The number of halogens is 2. The molecule has 0 unspecified atom stereocenters. The smallest absolute Gasteiger partial charge is 0.336 e. The lowest BCUT2D eigenvalue weighted by Gasteiger charge is -2.30. The van der Waals surface area contributed by atoms with Crippen LogP contribution in [0.4, 0.5) is 8.78 Å². The largest absolute Gasteiger partial charge is 0.478 e. The number of carbonyl (C=O) groups excluding carboxylic acids is 5. The number of hydrogen-bond donors (Lipinski definition) is 6. The summed E-state index contributed by atoms with van der Waals surface area (Å²) in [6, 6.07) is 14.8. The fourth-order valence-electron chi connectivity index (χ4n) is 7.50. The van der Waals surface area contributed by atoms with Crippen molar-refractivity contribution in [3.05, 3.63) is 117 Å². The third-order valence-corrected chi connectivity index (χ3v) is 12.0. The monoisotopic (exact) mass is 935 g/mol. The van der Waals surface area contributed by atoms with Crippen molar-refractivity contribution in [1.82, 2.24) is 26.2 Å². The molecule has 13 nitrogen and oxygen atoms in total. The van der Waals surface area contributed by atoms with Gasteiger partial charge in [-0.15, -0.1) is 0 Å². The molecular formula is C53H63F2N5O8. The molecular weight excluding hydrogens is 873 g/mol. The van der Waals surface area contributed by atoms with Crippen molar-refractivity contribution >= 4 is 35.5 Å². The van der Waals surface area contributed by atoms with Gasteiger partial charge in [-0.05, 0) is 145 Å². The summed E-state index contributed by atoms with van der Waals surface area (Å²) in [6.07, 6.45) is 4.11. The van der Waals surface area contributed by atoms with E-state index in [2.05, 4.69) is 21.3 Å². The minimum atomic E-state index is -1.24. The number of nitrogens with zero attached hydrogens (tertiary/aromatic N) is 1. The molecule has 362 valence electrons. The van der Waals surface area contributed by atoms with Crippen LogP contribution in [0.15, 0.2) is 60.7 Å². The molecule has 2 saturated carbocycles. The van der Waals surface area contributed by atoms with E-state index in [1.165, 1.54) is 37.3 Å². The van der Waals surface area contributed by atoms with E-state index in [1.807, 2.05) is 41.5 Å². The Hall–Kier alpha value is -6.48. The van der Waals surface area contributed by atoms with E-state index in [1.54, 1.807) is 36.1 Å². The van der Waals surface area contributed by atoms with Crippen LogP contribution >= 0.6 is 0 Å². The lowest BCUT2D eigenvalue weighted by Crippen LogP contribution is -2.40. The van der Waals surface area contributed by atoms with Crippen LogP contribution < -0.4 is 21.3 Å². The molecule has 6 N–H and O–H groups in total. The Balaban J connectivity index is 0.000000228. The van der Waals surface area contributed by atoms with Crippen molar-refractivity contribution in [2.24, 2.45) is 10.8 Å². The fraction of sp³-hybridized carbons (Fsp3) is 0.434. The van der Waals surface area contributed by atoms with Gasteiger partial charge in [0.15, 0.2) is 0 Å². The first-order valence-electron chi connectivity index (χ1n) is 23.2. The maximum atomic E-state index is 15.0. The Kier molecular flexibility index (Phi) is 15.6. The van der Waals surface area contributed by atoms with Gasteiger partial charge >= 0.3 is 5.97 Å². The molecule has 15 heteroatoms. The number of aromatic carboxylic acids is 1. The number of aliphatic hydroxyl groups is 1. The van der Waals surface area contributed by atoms with Gasteiger partial charge in [0, 0.05) is 66.1 Å². The second-order valence-corrected chi connectivity index (χ2v) is 20.6. The Morgan fingerprint density at radius 1 is 0.559 bits per heavy atom. The Morgan fingerprint density at radius 2 is 0.956 bits per heavy atom. The number of carboxylic acid groups (broad SMARTS) is 1. The van der Waals surface area contributed by atoms with Crippen LogP contribution in [0.2, 0.25) is 0 Å². The van der Waals surface area contributed by atoms with E-state index in [4.69, 9.17) is 0 Å². The number of carboxylic acids is 1. The molecule has 2 aliphatic carbocycles. The molecule has 0 aromatic heterocycles. The highest BCUT2D eigenvalue weighted by molar-refractivity contribution is 6.06. The van der Waals surface area contributed by atoms with Gasteiger partial charge in [0.05, 0.1) is 11.7 Å². The van der Waals surface area contributed by atoms with Crippen LogP contribution in [-0.4, -0.2) is 95.0 Å². The van der Waals surface area contributed by atoms with Crippen LogP contribution in [0.3, 0.4) is 0 Å². The second kappa shape index (κ2) is 20.8. The number of benzene rings is 4. The third kappa shape index (κ3) is 13.4. The molecule has 4 aromatic rings. The molecule has 0 radical (unpaired) electrons. The highest BCUT2D eigenvalue weighted by atomic mass is 19.1. The first-order valence-corrected chi connectivity index (χ1v) is 23.2. The molecule has 0 bridgehead atoms. The highest BCUT2D eigenvalue weighted by Crippen LogP contribution is 2.34. The van der Waals surface area contributed by atoms with Crippen molar-refractivity contribution in [2.45, 2.75) is 112 Å². The molecule has 0 spiro atoms. The van der Waals surface area contributed by atoms with Gasteiger partial charge in [0.2, 0.25) is 0 Å². The van der Waals surface area contributed by atoms with Gasteiger partial charge < -0.3 is 36.4 Å². The van der Waals surface area contributed by atoms with E-state index in [0.717, 1.165) is 31.7 Å². The van der Waals surface area contributed by atoms with Gasteiger partial charge in [-0.3, -0.25) is 24.0 Å². The third-order valence-electron chi connectivity index (χ3n) is 12.0. The van der Waals surface area contributed by atoms with Crippen molar-refractivity contribution in [2.75, 3.05) is 26.2 Å². The Bertz CT molecular complexity index is 2620. The highest BCUT2D eigenvalue weighted by Gasteiger charge is 2.30. The number of piperidine rings is 1. The number of likely N-dealkylation sites (tertiary alicyclic amines) is 1. The lowest BCUT2D eigenvalue weighted by atomic mass is 9.91. The molecule has 3 aliphatic rings. The Morgan fingerprint density at radius 3 is 1.34 bits per heavy atom. The van der Waals surface area contributed by atoms with Crippen LogP contribution in [0, 0.1) is 36.3 Å². The predicted octanol–water partition coefficient (Wildman–Crippen LogP) is 8.23. The zero-order valence-electron chi connectivity index (χ0n) is 40.1. The molecule has 7 rings (SSSR count). The van der Waals surface area contributed by atoms with Crippen molar-refractivity contribution in [1.29, 1.82) is 0 Å². The number of aliphatic hydroxyl groups excluding tert-OH is 1. The number of amides is 5. The number of nitrogens with one attached hydrogen (secondary N) is 4. The van der Waals surface area contributed by atoms with Crippen molar-refractivity contribution < 1.29 is 47.8 Å². The minimum Gasteiger partial charge on any atom is -0.478 e. The summed E-state index contributed by atoms with van der Waals surface area (Å²) in [6.45, 7) is 16.8. The summed E-state index contributed by atoms with van der Waals surface area (Å²) >= 11 is 0. The van der Waals surface area contributed by atoms with Gasteiger partial charge in [0.1, 0.15) is 11.6 Å². The summed E-state index contributed by atoms with van der Waals surface area (Å²) in [7, 11) is 0. The van der Waals surface area contributed by atoms with Gasteiger partial charge in [0.25, 0.3) is 29.5 Å². The molecule has 4 aromatic carbocycles. The van der Waals surface area contributed by atoms with E-state index in [-0.39, 0.29) is 85.5 Å². The lowest BCUT2D eigenvalue weighted by molar-refractivity contribution is 0.0546. The quantitative estimate of drug-likeness (QED) is 0.0818. The Labute approximate surface area is 396 Å². The van der Waals surface area contributed by atoms with Crippen molar-refractivity contribution in [3.8, 4) is 22.3 Å². The molecule has 1 aliphatic heterocycles. The second-order valence-electron chi connectivity index (χ2n) is 20.6. The summed E-state index contributed by atoms with van der Waals surface area (Å²) in [5, 5.41) is 31.0. The van der Waals surface area contributed by atoms with E-state index in [9.17, 15) is 43.4 Å². The summed E-state index contributed by atoms with van der Waals surface area (Å²) in [4.78, 5) is 77.8. The zero-order valence-corrected chi connectivity index (χ0v) is 40.1. The predicted molar refractivity (Wildman–Crippen MR) is 256 cm³/mol. The first-order chi connectivity index (χ1) is 31.9.